The van der Waals surface area contributed by atoms with Crippen LogP contribution >= 0.6 is 11.3 Å². The molecule has 7 heteroatoms. The molecule has 1 aromatic heterocycles. The quantitative estimate of drug-likeness (QED) is 0.781. The summed E-state index contributed by atoms with van der Waals surface area (Å²) in [6, 6.07) is 0.192. The van der Waals surface area contributed by atoms with Crippen molar-refractivity contribution < 1.29 is 4.79 Å². The van der Waals surface area contributed by atoms with Gasteiger partial charge in [0.1, 0.15) is 0 Å². The number of rotatable bonds is 4. The molecule has 1 aliphatic rings. The van der Waals surface area contributed by atoms with Gasteiger partial charge < -0.3 is 16.4 Å². The highest BCUT2D eigenvalue weighted by Gasteiger charge is 2.27. The van der Waals surface area contributed by atoms with Gasteiger partial charge in [-0.1, -0.05) is 6.92 Å². The van der Waals surface area contributed by atoms with Crippen molar-refractivity contribution in [2.45, 2.75) is 32.9 Å². The van der Waals surface area contributed by atoms with E-state index in [4.69, 9.17) is 5.73 Å². The van der Waals surface area contributed by atoms with Gasteiger partial charge in [0.25, 0.3) is 0 Å². The van der Waals surface area contributed by atoms with Gasteiger partial charge in [-0.05, 0) is 19.3 Å². The molecule has 4 N–H and O–H groups in total. The van der Waals surface area contributed by atoms with Crippen molar-refractivity contribution in [3.63, 3.8) is 0 Å². The molecule has 0 saturated carbocycles. The number of likely N-dealkylation sites (tertiary alicyclic amines) is 1. The number of nitrogens with two attached hydrogens (primary N) is 1. The predicted octanol–water partition coefficient (Wildman–Crippen LogP) is 1.25. The van der Waals surface area contributed by atoms with E-state index in [0.29, 0.717) is 17.6 Å². The number of carbonyl (C=O) groups excluding carboxylic acids is 1. The number of thiazole rings is 1. The van der Waals surface area contributed by atoms with Gasteiger partial charge in [0.2, 0.25) is 0 Å². The molecule has 0 aliphatic carbocycles. The second kappa shape index (κ2) is 6.90. The lowest BCUT2D eigenvalue weighted by atomic mass is 9.94. The second-order valence-electron chi connectivity index (χ2n) is 5.28. The molecule has 1 saturated heterocycles. The van der Waals surface area contributed by atoms with Crippen molar-refractivity contribution >= 4 is 22.5 Å². The monoisotopic (exact) mass is 297 g/mol. The van der Waals surface area contributed by atoms with Crippen LogP contribution in [-0.2, 0) is 6.54 Å². The first-order valence-corrected chi connectivity index (χ1v) is 7.87. The Morgan fingerprint density at radius 1 is 1.65 bits per heavy atom. The molecule has 0 bridgehead atoms. The Morgan fingerprint density at radius 3 is 3.05 bits per heavy atom. The van der Waals surface area contributed by atoms with Gasteiger partial charge in [-0.15, -0.1) is 11.3 Å². The Kier molecular flexibility index (Phi) is 5.19. The molecule has 112 valence electrons. The number of aromatic nitrogens is 1. The van der Waals surface area contributed by atoms with Crippen LogP contribution in [0.4, 0.5) is 9.93 Å². The Morgan fingerprint density at radius 2 is 2.45 bits per heavy atom. The van der Waals surface area contributed by atoms with E-state index in [0.717, 1.165) is 26.1 Å². The fraction of sp³-hybridized carbons (Fsp3) is 0.692. The lowest BCUT2D eigenvalue weighted by Crippen LogP contribution is -2.52. The van der Waals surface area contributed by atoms with Crippen LogP contribution in [-0.4, -0.2) is 41.6 Å². The summed E-state index contributed by atoms with van der Waals surface area (Å²) in [5, 5.41) is 6.46. The van der Waals surface area contributed by atoms with E-state index in [2.05, 4.69) is 27.4 Å². The van der Waals surface area contributed by atoms with Gasteiger partial charge >= 0.3 is 6.03 Å². The van der Waals surface area contributed by atoms with Crippen LogP contribution in [0.2, 0.25) is 0 Å². The average molecular weight is 297 g/mol. The first-order chi connectivity index (χ1) is 9.58. The zero-order valence-electron chi connectivity index (χ0n) is 12.1. The van der Waals surface area contributed by atoms with Gasteiger partial charge in [0.15, 0.2) is 5.13 Å². The number of anilines is 1. The molecule has 1 aliphatic heterocycles. The number of urea groups is 1. The zero-order chi connectivity index (χ0) is 14.5. The van der Waals surface area contributed by atoms with Crippen molar-refractivity contribution in [1.29, 1.82) is 0 Å². The third-order valence-electron chi connectivity index (χ3n) is 3.59. The number of nitrogen functional groups attached to an aromatic ring is 1. The average Bonchev–Trinajstić information content (AvgIpc) is 2.78. The van der Waals surface area contributed by atoms with Gasteiger partial charge in [0, 0.05) is 43.3 Å². The molecular formula is C13H23N5OS. The van der Waals surface area contributed by atoms with E-state index < -0.39 is 0 Å². The van der Waals surface area contributed by atoms with Crippen molar-refractivity contribution in [2.75, 3.05) is 25.4 Å². The minimum Gasteiger partial charge on any atom is -0.375 e. The summed E-state index contributed by atoms with van der Waals surface area (Å²) in [4.78, 5) is 19.3. The molecule has 20 heavy (non-hydrogen) atoms. The summed E-state index contributed by atoms with van der Waals surface area (Å²) < 4.78 is 0. The maximum Gasteiger partial charge on any atom is 0.315 e. The van der Waals surface area contributed by atoms with E-state index in [-0.39, 0.29) is 12.1 Å². The van der Waals surface area contributed by atoms with Crippen molar-refractivity contribution in [1.82, 2.24) is 20.5 Å². The number of carbonyl (C=O) groups is 1. The Bertz CT molecular complexity index is 450. The van der Waals surface area contributed by atoms with Crippen LogP contribution in [0.15, 0.2) is 6.20 Å². The van der Waals surface area contributed by atoms with Gasteiger partial charge in [-0.25, -0.2) is 9.78 Å². The van der Waals surface area contributed by atoms with Crippen molar-refractivity contribution in [3.05, 3.63) is 11.1 Å². The van der Waals surface area contributed by atoms with E-state index in [1.807, 2.05) is 13.1 Å². The maximum absolute atomic E-state index is 11.6. The van der Waals surface area contributed by atoms with Gasteiger partial charge in [-0.2, -0.15) is 0 Å². The minimum atomic E-state index is -0.0620. The molecule has 2 atom stereocenters. The Balaban J connectivity index is 1.81. The molecule has 1 fully saturated rings. The molecule has 0 spiro atoms. The van der Waals surface area contributed by atoms with E-state index in [1.165, 1.54) is 4.88 Å². The third-order valence-corrected chi connectivity index (χ3v) is 4.41. The summed E-state index contributed by atoms with van der Waals surface area (Å²) in [5.74, 6) is 0.441. The third kappa shape index (κ3) is 4.08. The normalized spacial score (nSPS) is 23.5. The SMILES string of the molecule is CCNC(=O)NC1CCN(Cc2cnc(N)s2)CC1C. The molecule has 0 aromatic carbocycles. The Hall–Kier alpha value is -1.34. The number of amides is 2. The molecule has 2 rings (SSSR count). The molecular weight excluding hydrogens is 274 g/mol. The van der Waals surface area contributed by atoms with E-state index in [1.54, 1.807) is 11.3 Å². The van der Waals surface area contributed by atoms with Crippen LogP contribution < -0.4 is 16.4 Å². The lowest BCUT2D eigenvalue weighted by Gasteiger charge is -2.37. The first-order valence-electron chi connectivity index (χ1n) is 7.05. The van der Waals surface area contributed by atoms with Crippen LogP contribution in [0.25, 0.3) is 0 Å². The van der Waals surface area contributed by atoms with Crippen LogP contribution in [0, 0.1) is 5.92 Å². The standard InChI is InChI=1S/C13H23N5OS/c1-3-15-13(19)17-11-4-5-18(7-9(11)2)8-10-6-16-12(14)20-10/h6,9,11H,3-5,7-8H2,1-2H3,(H2,14,16)(H2,15,17,19). The number of hydrogen-bond acceptors (Lipinski definition) is 5. The van der Waals surface area contributed by atoms with Crippen molar-refractivity contribution in [3.8, 4) is 0 Å². The van der Waals surface area contributed by atoms with Crippen molar-refractivity contribution in [2.24, 2.45) is 5.92 Å². The zero-order valence-corrected chi connectivity index (χ0v) is 12.9. The minimum absolute atomic E-state index is 0.0620. The van der Waals surface area contributed by atoms with E-state index >= 15 is 0 Å². The molecule has 1 aromatic rings. The maximum atomic E-state index is 11.6. The highest BCUT2D eigenvalue weighted by molar-refractivity contribution is 7.15. The number of nitrogens with zero attached hydrogens (tertiary/aromatic N) is 2. The smallest absolute Gasteiger partial charge is 0.315 e. The highest BCUT2D eigenvalue weighted by Crippen LogP contribution is 2.22. The summed E-state index contributed by atoms with van der Waals surface area (Å²) in [7, 11) is 0. The topological polar surface area (TPSA) is 83.3 Å². The number of nitrogens with one attached hydrogen (secondary N) is 2. The van der Waals surface area contributed by atoms with Gasteiger partial charge in [-0.3, -0.25) is 4.90 Å². The van der Waals surface area contributed by atoms with Crippen LogP contribution in [0.3, 0.4) is 0 Å². The lowest BCUT2D eigenvalue weighted by molar-refractivity contribution is 0.143. The predicted molar refractivity (Wildman–Crippen MR) is 81.6 cm³/mol. The molecule has 2 unspecified atom stereocenters. The van der Waals surface area contributed by atoms with Crippen LogP contribution in [0.1, 0.15) is 25.1 Å². The highest BCUT2D eigenvalue weighted by atomic mass is 32.1. The summed E-state index contributed by atoms with van der Waals surface area (Å²) in [5.41, 5.74) is 5.65. The summed E-state index contributed by atoms with van der Waals surface area (Å²) in [6.07, 6.45) is 2.83. The second-order valence-corrected chi connectivity index (χ2v) is 6.42. The number of hydrogen-bond donors (Lipinski definition) is 3. The van der Waals surface area contributed by atoms with Gasteiger partial charge in [0.05, 0.1) is 0 Å². The Labute approximate surface area is 123 Å². The van der Waals surface area contributed by atoms with E-state index in [9.17, 15) is 4.79 Å². The fourth-order valence-corrected chi connectivity index (χ4v) is 3.31. The summed E-state index contributed by atoms with van der Waals surface area (Å²) in [6.45, 7) is 7.63. The molecule has 6 nitrogen and oxygen atoms in total. The van der Waals surface area contributed by atoms with Crippen LogP contribution in [0.5, 0.6) is 0 Å². The fourth-order valence-electron chi connectivity index (χ4n) is 2.59. The molecule has 0 radical (unpaired) electrons. The first kappa shape index (κ1) is 15.1. The largest absolute Gasteiger partial charge is 0.375 e. The summed E-state index contributed by atoms with van der Waals surface area (Å²) >= 11 is 1.55. The molecule has 2 heterocycles. The molecule has 2 amide bonds. The number of piperidine rings is 1.